The summed E-state index contributed by atoms with van der Waals surface area (Å²) in [6.07, 6.45) is 0. The molecule has 0 spiro atoms. The Morgan fingerprint density at radius 1 is 1.35 bits per heavy atom. The standard InChI is InChI=1S/C13H22N2O2/c1-7(2)12(14)13(16)15-9(4)11-6-8(3)17-10(11)5/h6-7,9,12H,14H2,1-5H3,(H,15,16). The third-order valence-corrected chi connectivity index (χ3v) is 2.93. The molecule has 0 aliphatic carbocycles. The minimum atomic E-state index is -0.467. The Labute approximate surface area is 103 Å². The molecule has 2 unspecified atom stereocenters. The Morgan fingerprint density at radius 2 is 1.94 bits per heavy atom. The van der Waals surface area contributed by atoms with E-state index < -0.39 is 6.04 Å². The lowest BCUT2D eigenvalue weighted by Gasteiger charge is -2.19. The summed E-state index contributed by atoms with van der Waals surface area (Å²) < 4.78 is 5.44. The van der Waals surface area contributed by atoms with Crippen LogP contribution in [0.5, 0.6) is 0 Å². The third-order valence-electron chi connectivity index (χ3n) is 2.93. The maximum absolute atomic E-state index is 11.8. The fourth-order valence-electron chi connectivity index (χ4n) is 1.77. The Balaban J connectivity index is 2.70. The van der Waals surface area contributed by atoms with E-state index in [4.69, 9.17) is 10.2 Å². The zero-order chi connectivity index (χ0) is 13.2. The Hall–Kier alpha value is -1.29. The molecule has 0 saturated heterocycles. The minimum absolute atomic E-state index is 0.0789. The lowest BCUT2D eigenvalue weighted by Crippen LogP contribution is -2.44. The van der Waals surface area contributed by atoms with E-state index >= 15 is 0 Å². The van der Waals surface area contributed by atoms with Gasteiger partial charge in [-0.25, -0.2) is 0 Å². The molecule has 0 fully saturated rings. The normalized spacial score (nSPS) is 14.8. The highest BCUT2D eigenvalue weighted by atomic mass is 16.3. The molecule has 17 heavy (non-hydrogen) atoms. The molecule has 1 amide bonds. The van der Waals surface area contributed by atoms with Gasteiger partial charge in [0.1, 0.15) is 11.5 Å². The summed E-state index contributed by atoms with van der Waals surface area (Å²) in [5, 5.41) is 2.91. The monoisotopic (exact) mass is 238 g/mol. The van der Waals surface area contributed by atoms with Crippen molar-refractivity contribution in [1.29, 1.82) is 0 Å². The number of furan rings is 1. The second-order valence-electron chi connectivity index (χ2n) is 4.87. The maximum Gasteiger partial charge on any atom is 0.237 e. The van der Waals surface area contributed by atoms with Gasteiger partial charge in [-0.3, -0.25) is 4.79 Å². The second kappa shape index (κ2) is 5.36. The number of amides is 1. The summed E-state index contributed by atoms with van der Waals surface area (Å²) in [6.45, 7) is 9.59. The van der Waals surface area contributed by atoms with E-state index in [1.54, 1.807) is 0 Å². The van der Waals surface area contributed by atoms with Gasteiger partial charge in [0, 0.05) is 5.56 Å². The van der Waals surface area contributed by atoms with Crippen molar-refractivity contribution in [2.24, 2.45) is 11.7 Å². The second-order valence-corrected chi connectivity index (χ2v) is 4.87. The smallest absolute Gasteiger partial charge is 0.237 e. The molecule has 0 aromatic carbocycles. The van der Waals surface area contributed by atoms with Crippen LogP contribution in [0.2, 0.25) is 0 Å². The lowest BCUT2D eigenvalue weighted by molar-refractivity contribution is -0.123. The van der Waals surface area contributed by atoms with Crippen LogP contribution in [0, 0.1) is 19.8 Å². The number of nitrogens with two attached hydrogens (primary N) is 1. The first kappa shape index (κ1) is 13.8. The van der Waals surface area contributed by atoms with Crippen LogP contribution in [0.1, 0.15) is 43.9 Å². The van der Waals surface area contributed by atoms with Crippen LogP contribution >= 0.6 is 0 Å². The van der Waals surface area contributed by atoms with E-state index in [2.05, 4.69) is 5.32 Å². The average Bonchev–Trinajstić information content (AvgIpc) is 2.56. The van der Waals surface area contributed by atoms with Crippen molar-refractivity contribution >= 4 is 5.91 Å². The van der Waals surface area contributed by atoms with Gasteiger partial charge in [-0.2, -0.15) is 0 Å². The van der Waals surface area contributed by atoms with E-state index in [1.807, 2.05) is 40.7 Å². The predicted molar refractivity (Wildman–Crippen MR) is 67.6 cm³/mol. The fraction of sp³-hybridized carbons (Fsp3) is 0.615. The van der Waals surface area contributed by atoms with Crippen molar-refractivity contribution in [3.05, 3.63) is 23.2 Å². The van der Waals surface area contributed by atoms with Gasteiger partial charge in [-0.05, 0) is 32.8 Å². The summed E-state index contributed by atoms with van der Waals surface area (Å²) in [7, 11) is 0. The van der Waals surface area contributed by atoms with E-state index in [-0.39, 0.29) is 17.9 Å². The first-order valence-corrected chi connectivity index (χ1v) is 5.95. The van der Waals surface area contributed by atoms with Gasteiger partial charge in [0.15, 0.2) is 0 Å². The molecule has 4 heteroatoms. The Morgan fingerprint density at radius 3 is 2.35 bits per heavy atom. The van der Waals surface area contributed by atoms with Crippen molar-refractivity contribution in [2.75, 3.05) is 0 Å². The molecule has 3 N–H and O–H groups in total. The molecule has 1 heterocycles. The van der Waals surface area contributed by atoms with Gasteiger partial charge < -0.3 is 15.5 Å². The zero-order valence-corrected chi connectivity index (χ0v) is 11.2. The van der Waals surface area contributed by atoms with Gasteiger partial charge in [0.25, 0.3) is 0 Å². The molecule has 0 radical (unpaired) electrons. The molecule has 1 aromatic rings. The van der Waals surface area contributed by atoms with Gasteiger partial charge in [0.2, 0.25) is 5.91 Å². The number of aryl methyl sites for hydroxylation is 2. The maximum atomic E-state index is 11.8. The predicted octanol–water partition coefficient (Wildman–Crippen LogP) is 2.06. The zero-order valence-electron chi connectivity index (χ0n) is 11.2. The van der Waals surface area contributed by atoms with Crippen LogP contribution in [0.3, 0.4) is 0 Å². The van der Waals surface area contributed by atoms with Gasteiger partial charge in [-0.15, -0.1) is 0 Å². The SMILES string of the molecule is Cc1cc(C(C)NC(=O)C(N)C(C)C)c(C)o1. The average molecular weight is 238 g/mol. The summed E-state index contributed by atoms with van der Waals surface area (Å²) in [5.74, 6) is 1.71. The van der Waals surface area contributed by atoms with Crippen molar-refractivity contribution in [1.82, 2.24) is 5.32 Å². The quantitative estimate of drug-likeness (QED) is 0.843. The molecule has 0 aliphatic heterocycles. The van der Waals surface area contributed by atoms with Crippen LogP contribution < -0.4 is 11.1 Å². The minimum Gasteiger partial charge on any atom is -0.466 e. The van der Waals surface area contributed by atoms with Crippen LogP contribution in [0.25, 0.3) is 0 Å². The molecule has 96 valence electrons. The highest BCUT2D eigenvalue weighted by molar-refractivity contribution is 5.82. The number of hydrogen-bond acceptors (Lipinski definition) is 3. The highest BCUT2D eigenvalue weighted by Crippen LogP contribution is 2.21. The van der Waals surface area contributed by atoms with Crippen LogP contribution in [0.15, 0.2) is 10.5 Å². The Kier molecular flexibility index (Phi) is 4.34. The number of carbonyl (C=O) groups is 1. The first-order valence-electron chi connectivity index (χ1n) is 5.95. The van der Waals surface area contributed by atoms with Crippen molar-refractivity contribution < 1.29 is 9.21 Å². The van der Waals surface area contributed by atoms with Gasteiger partial charge in [0.05, 0.1) is 12.1 Å². The Bertz CT molecular complexity index is 396. The van der Waals surface area contributed by atoms with Crippen LogP contribution in [0.4, 0.5) is 0 Å². The fourth-order valence-corrected chi connectivity index (χ4v) is 1.77. The molecule has 0 aliphatic rings. The summed E-state index contributed by atoms with van der Waals surface area (Å²) in [4.78, 5) is 11.8. The topological polar surface area (TPSA) is 68.3 Å². The first-order chi connectivity index (χ1) is 7.82. The number of nitrogens with one attached hydrogen (secondary N) is 1. The molecular weight excluding hydrogens is 216 g/mol. The molecule has 1 rings (SSSR count). The molecule has 0 saturated carbocycles. The third kappa shape index (κ3) is 3.33. The van der Waals surface area contributed by atoms with E-state index in [0.29, 0.717) is 0 Å². The molecular formula is C13H22N2O2. The molecule has 4 nitrogen and oxygen atoms in total. The number of carbonyl (C=O) groups excluding carboxylic acids is 1. The highest BCUT2D eigenvalue weighted by Gasteiger charge is 2.21. The summed E-state index contributed by atoms with van der Waals surface area (Å²) in [5.41, 5.74) is 6.80. The van der Waals surface area contributed by atoms with Crippen molar-refractivity contribution in [3.63, 3.8) is 0 Å². The molecule has 0 bridgehead atoms. The lowest BCUT2D eigenvalue weighted by atomic mass is 10.0. The van der Waals surface area contributed by atoms with Crippen LogP contribution in [-0.2, 0) is 4.79 Å². The summed E-state index contributed by atoms with van der Waals surface area (Å²) >= 11 is 0. The van der Waals surface area contributed by atoms with Gasteiger partial charge in [-0.1, -0.05) is 13.8 Å². The van der Waals surface area contributed by atoms with E-state index in [9.17, 15) is 4.79 Å². The molecule has 1 aromatic heterocycles. The largest absolute Gasteiger partial charge is 0.466 e. The summed E-state index contributed by atoms with van der Waals surface area (Å²) in [6, 6.07) is 1.40. The van der Waals surface area contributed by atoms with Crippen molar-refractivity contribution in [2.45, 2.75) is 46.7 Å². The van der Waals surface area contributed by atoms with E-state index in [1.165, 1.54) is 0 Å². The number of hydrogen-bond donors (Lipinski definition) is 2. The molecule has 2 atom stereocenters. The van der Waals surface area contributed by atoms with Gasteiger partial charge >= 0.3 is 0 Å². The van der Waals surface area contributed by atoms with Crippen molar-refractivity contribution in [3.8, 4) is 0 Å². The number of rotatable bonds is 4. The van der Waals surface area contributed by atoms with Crippen LogP contribution in [-0.4, -0.2) is 11.9 Å². The van der Waals surface area contributed by atoms with E-state index in [0.717, 1.165) is 17.1 Å².